The van der Waals surface area contributed by atoms with Crippen LogP contribution in [0.25, 0.3) is 0 Å². The average Bonchev–Trinajstić information content (AvgIpc) is 2.26. The van der Waals surface area contributed by atoms with E-state index in [9.17, 15) is 9.59 Å². The van der Waals surface area contributed by atoms with Crippen molar-refractivity contribution in [3.05, 3.63) is 34.3 Å². The second-order valence-electron chi connectivity index (χ2n) is 3.27. The number of hydrogen-bond donors (Lipinski definition) is 1. The molecule has 0 fully saturated rings. The molecule has 0 saturated carbocycles. The Bertz CT molecular complexity index is 389. The smallest absolute Gasteiger partial charge is 0.303 e. The minimum absolute atomic E-state index is 0.101. The summed E-state index contributed by atoms with van der Waals surface area (Å²) in [5.74, 6) is -1.19. The zero-order chi connectivity index (χ0) is 12.1. The van der Waals surface area contributed by atoms with Crippen molar-refractivity contribution < 1.29 is 14.7 Å². The van der Waals surface area contributed by atoms with Gasteiger partial charge in [0.15, 0.2) is 5.78 Å². The lowest BCUT2D eigenvalue weighted by atomic mass is 10.1. The number of Topliss-reactive ketones (excluding diaryl/α,β-unsaturated/α-hetero) is 1. The van der Waals surface area contributed by atoms with Crippen LogP contribution in [0.2, 0.25) is 0 Å². The van der Waals surface area contributed by atoms with Crippen LogP contribution in [-0.2, 0) is 4.79 Å². The number of hydrogen-bond acceptors (Lipinski definition) is 2. The predicted molar refractivity (Wildman–Crippen MR) is 65.0 cm³/mol. The van der Waals surface area contributed by atoms with E-state index in [0.717, 1.165) is 4.47 Å². The molecule has 1 aromatic rings. The Morgan fingerprint density at radius 3 is 2.38 bits per heavy atom. The molecule has 1 atom stereocenters. The first-order valence-corrected chi connectivity index (χ1v) is 5.89. The molecule has 1 aromatic carbocycles. The number of rotatable bonds is 5. The van der Waals surface area contributed by atoms with E-state index in [2.05, 4.69) is 15.9 Å². The summed E-state index contributed by atoms with van der Waals surface area (Å²) in [5, 5.41) is 7.69. The third kappa shape index (κ3) is 3.94. The lowest BCUT2D eigenvalue weighted by molar-refractivity contribution is -0.137. The van der Waals surface area contributed by atoms with Crippen LogP contribution >= 0.6 is 27.5 Å². The second kappa shape index (κ2) is 6.01. The van der Waals surface area contributed by atoms with Crippen LogP contribution in [0.5, 0.6) is 0 Å². The van der Waals surface area contributed by atoms with Crippen molar-refractivity contribution in [3.63, 3.8) is 0 Å². The van der Waals surface area contributed by atoms with Crippen LogP contribution in [0.3, 0.4) is 0 Å². The van der Waals surface area contributed by atoms with Gasteiger partial charge in [-0.05, 0) is 18.6 Å². The van der Waals surface area contributed by atoms with Crippen LogP contribution in [0.1, 0.15) is 23.2 Å². The lowest BCUT2D eigenvalue weighted by Gasteiger charge is -2.06. The average molecular weight is 306 g/mol. The number of aliphatic carboxylic acids is 1. The first kappa shape index (κ1) is 13.2. The summed E-state index contributed by atoms with van der Waals surface area (Å²) in [6.07, 6.45) is 0.0439. The normalized spacial score (nSPS) is 12.1. The van der Waals surface area contributed by atoms with Crippen molar-refractivity contribution in [2.24, 2.45) is 0 Å². The third-order valence-corrected chi connectivity index (χ3v) is 2.97. The summed E-state index contributed by atoms with van der Waals surface area (Å²) < 4.78 is 0.876. The van der Waals surface area contributed by atoms with E-state index < -0.39 is 11.3 Å². The number of benzene rings is 1. The zero-order valence-corrected chi connectivity index (χ0v) is 10.7. The Labute approximate surface area is 107 Å². The summed E-state index contributed by atoms with van der Waals surface area (Å²) in [6, 6.07) is 6.80. The molecule has 16 heavy (non-hydrogen) atoms. The first-order valence-electron chi connectivity index (χ1n) is 4.66. The van der Waals surface area contributed by atoms with Gasteiger partial charge in [-0.25, -0.2) is 0 Å². The highest BCUT2D eigenvalue weighted by Gasteiger charge is 2.18. The fraction of sp³-hybridized carbons (Fsp3) is 0.273. The van der Waals surface area contributed by atoms with Gasteiger partial charge >= 0.3 is 5.97 Å². The molecule has 1 N–H and O–H groups in total. The Hall–Kier alpha value is -0.870. The molecule has 0 saturated heterocycles. The monoisotopic (exact) mass is 304 g/mol. The molecule has 1 rings (SSSR count). The topological polar surface area (TPSA) is 54.4 Å². The fourth-order valence-electron chi connectivity index (χ4n) is 1.18. The zero-order valence-electron chi connectivity index (χ0n) is 8.32. The van der Waals surface area contributed by atoms with Gasteiger partial charge in [-0.3, -0.25) is 9.59 Å². The van der Waals surface area contributed by atoms with Gasteiger partial charge in [0.25, 0.3) is 0 Å². The number of alkyl halides is 1. The number of carbonyl (C=O) groups excluding carboxylic acids is 1. The van der Waals surface area contributed by atoms with Gasteiger partial charge in [0.1, 0.15) is 0 Å². The maximum Gasteiger partial charge on any atom is 0.303 e. The van der Waals surface area contributed by atoms with Gasteiger partial charge in [-0.1, -0.05) is 28.1 Å². The molecule has 5 heteroatoms. The largest absolute Gasteiger partial charge is 0.481 e. The summed E-state index contributed by atoms with van der Waals surface area (Å²) in [4.78, 5) is 22.1. The van der Waals surface area contributed by atoms with Gasteiger partial charge < -0.3 is 5.11 Å². The number of carbonyl (C=O) groups is 2. The standard InChI is InChI=1S/C11H10BrClO3/c12-8-3-1-7(2-4-8)11(16)9(13)5-6-10(14)15/h1-4,9H,5-6H2,(H,14,15). The van der Waals surface area contributed by atoms with Crippen molar-refractivity contribution in [3.8, 4) is 0 Å². The van der Waals surface area contributed by atoms with Gasteiger partial charge in [0.2, 0.25) is 0 Å². The maximum atomic E-state index is 11.7. The fourth-order valence-corrected chi connectivity index (χ4v) is 1.68. The minimum atomic E-state index is -0.950. The highest BCUT2D eigenvalue weighted by molar-refractivity contribution is 9.10. The number of ketones is 1. The van der Waals surface area contributed by atoms with Crippen LogP contribution < -0.4 is 0 Å². The molecular formula is C11H10BrClO3. The van der Waals surface area contributed by atoms with Gasteiger partial charge in [0, 0.05) is 16.5 Å². The molecule has 0 aliphatic heterocycles. The molecular weight excluding hydrogens is 295 g/mol. The molecule has 0 heterocycles. The lowest BCUT2D eigenvalue weighted by Crippen LogP contribution is -2.16. The van der Waals surface area contributed by atoms with E-state index in [-0.39, 0.29) is 18.6 Å². The van der Waals surface area contributed by atoms with Crippen LogP contribution in [0.15, 0.2) is 28.7 Å². The molecule has 3 nitrogen and oxygen atoms in total. The van der Waals surface area contributed by atoms with Crippen LogP contribution in [0.4, 0.5) is 0 Å². The molecule has 0 aromatic heterocycles. The first-order chi connectivity index (χ1) is 7.50. The molecule has 1 unspecified atom stereocenters. The second-order valence-corrected chi connectivity index (χ2v) is 4.71. The summed E-state index contributed by atoms with van der Waals surface area (Å²) in [5.41, 5.74) is 0.494. The summed E-state index contributed by atoms with van der Waals surface area (Å²) >= 11 is 9.08. The number of carboxylic acid groups (broad SMARTS) is 1. The minimum Gasteiger partial charge on any atom is -0.481 e. The van der Waals surface area contributed by atoms with E-state index in [1.54, 1.807) is 24.3 Å². The molecule has 0 radical (unpaired) electrons. The molecule has 0 spiro atoms. The van der Waals surface area contributed by atoms with E-state index in [0.29, 0.717) is 5.56 Å². The highest BCUT2D eigenvalue weighted by atomic mass is 79.9. The van der Waals surface area contributed by atoms with Gasteiger partial charge in [-0.2, -0.15) is 0 Å². The van der Waals surface area contributed by atoms with Crippen molar-refractivity contribution in [1.29, 1.82) is 0 Å². The van der Waals surface area contributed by atoms with Gasteiger partial charge in [-0.15, -0.1) is 11.6 Å². The van der Waals surface area contributed by atoms with Crippen molar-refractivity contribution in [2.45, 2.75) is 18.2 Å². The highest BCUT2D eigenvalue weighted by Crippen LogP contribution is 2.16. The van der Waals surface area contributed by atoms with E-state index in [1.165, 1.54) is 0 Å². The van der Waals surface area contributed by atoms with Crippen molar-refractivity contribution in [1.82, 2.24) is 0 Å². The quantitative estimate of drug-likeness (QED) is 0.672. The number of halogens is 2. The molecule has 86 valence electrons. The third-order valence-electron chi connectivity index (χ3n) is 2.02. The van der Waals surface area contributed by atoms with E-state index in [1.807, 2.05) is 0 Å². The van der Waals surface area contributed by atoms with E-state index in [4.69, 9.17) is 16.7 Å². The summed E-state index contributed by atoms with van der Waals surface area (Å²) in [6.45, 7) is 0. The maximum absolute atomic E-state index is 11.7. The Kier molecular flexibility index (Phi) is 4.96. The summed E-state index contributed by atoms with van der Waals surface area (Å²) in [7, 11) is 0. The van der Waals surface area contributed by atoms with Gasteiger partial charge in [0.05, 0.1) is 5.38 Å². The number of carboxylic acids is 1. The van der Waals surface area contributed by atoms with E-state index >= 15 is 0 Å². The Morgan fingerprint density at radius 1 is 1.31 bits per heavy atom. The van der Waals surface area contributed by atoms with Crippen LogP contribution in [-0.4, -0.2) is 22.2 Å². The van der Waals surface area contributed by atoms with Crippen LogP contribution in [0, 0.1) is 0 Å². The molecule has 0 aliphatic rings. The molecule has 0 bridgehead atoms. The van der Waals surface area contributed by atoms with Crippen molar-refractivity contribution in [2.75, 3.05) is 0 Å². The Balaban J connectivity index is 2.63. The molecule has 0 aliphatic carbocycles. The molecule has 0 amide bonds. The Morgan fingerprint density at radius 2 is 1.88 bits per heavy atom. The predicted octanol–water partition coefficient (Wildman–Crippen LogP) is 3.10. The SMILES string of the molecule is O=C(O)CCC(Cl)C(=O)c1ccc(Br)cc1. The van der Waals surface area contributed by atoms with Crippen molar-refractivity contribution >= 4 is 39.3 Å².